The van der Waals surface area contributed by atoms with E-state index < -0.39 is 7.80 Å². The van der Waals surface area contributed by atoms with Gasteiger partial charge in [0.05, 0.1) is 0 Å². The fourth-order valence-corrected chi connectivity index (χ4v) is 7.00. The van der Waals surface area contributed by atoms with Crippen LogP contribution in [0, 0.1) is 0 Å². The van der Waals surface area contributed by atoms with Gasteiger partial charge in [0.2, 0.25) is 0 Å². The molecule has 6 rings (SSSR count). The van der Waals surface area contributed by atoms with Gasteiger partial charge in [0.1, 0.15) is 0 Å². The Kier molecular flexibility index (Phi) is 3.99. The summed E-state index contributed by atoms with van der Waals surface area (Å²) in [6.07, 6.45) is 0. The molecule has 0 saturated heterocycles. The number of rotatable bonds is 2. The van der Waals surface area contributed by atoms with Crippen LogP contribution in [-0.4, -0.2) is 0 Å². The molecule has 0 amide bonds. The zero-order valence-corrected chi connectivity index (χ0v) is 19.8. The summed E-state index contributed by atoms with van der Waals surface area (Å²) in [5.41, 5.74) is 10.2. The number of fused-ring (bicyclic) bond motifs is 6. The quantitative estimate of drug-likeness (QED) is 0.309. The van der Waals surface area contributed by atoms with Crippen LogP contribution in [0.1, 0.15) is 49.9 Å². The lowest BCUT2D eigenvalue weighted by atomic mass is 9.82. The highest BCUT2D eigenvalue weighted by Gasteiger charge is 2.39. The topological polar surface area (TPSA) is 17.1 Å². The smallest absolute Gasteiger partial charge is 0.0619 e. The van der Waals surface area contributed by atoms with E-state index in [0.29, 0.717) is 0 Å². The van der Waals surface area contributed by atoms with E-state index in [2.05, 4.69) is 113 Å². The van der Waals surface area contributed by atoms with Crippen LogP contribution in [0.2, 0.25) is 0 Å². The molecule has 32 heavy (non-hydrogen) atoms. The Morgan fingerprint density at radius 2 is 0.875 bits per heavy atom. The second-order valence-corrected chi connectivity index (χ2v) is 11.7. The fraction of sp³-hybridized carbons (Fsp3) is 0.200. The molecule has 4 aromatic carbocycles. The predicted octanol–water partition coefficient (Wildman–Crippen LogP) is 7.08. The van der Waals surface area contributed by atoms with Crippen LogP contribution in [0.4, 0.5) is 0 Å². The van der Waals surface area contributed by atoms with E-state index in [1.165, 1.54) is 44.5 Å². The molecule has 0 bridgehead atoms. The molecule has 0 N–H and O–H groups in total. The zero-order valence-electron chi connectivity index (χ0n) is 18.9. The van der Waals surface area contributed by atoms with Gasteiger partial charge in [0, 0.05) is 10.8 Å². The van der Waals surface area contributed by atoms with Gasteiger partial charge in [0.25, 0.3) is 0 Å². The van der Waals surface area contributed by atoms with Crippen molar-refractivity contribution in [1.29, 1.82) is 0 Å². The molecule has 0 aromatic heterocycles. The predicted molar refractivity (Wildman–Crippen MR) is 135 cm³/mol. The monoisotopic (exact) mass is 433 g/mol. The molecule has 0 spiro atoms. The van der Waals surface area contributed by atoms with Crippen molar-refractivity contribution >= 4 is 18.4 Å². The number of hydrogen-bond donors (Lipinski definition) is 0. The summed E-state index contributed by atoms with van der Waals surface area (Å²) in [6, 6.07) is 30.1. The fourth-order valence-electron chi connectivity index (χ4n) is 5.79. The summed E-state index contributed by atoms with van der Waals surface area (Å²) < 4.78 is 13.8. The van der Waals surface area contributed by atoms with E-state index >= 15 is 0 Å². The Morgan fingerprint density at radius 1 is 0.500 bits per heavy atom. The van der Waals surface area contributed by atoms with Crippen LogP contribution in [0.5, 0.6) is 0 Å². The molecule has 0 atom stereocenters. The molecule has 0 radical (unpaired) electrons. The summed E-state index contributed by atoms with van der Waals surface area (Å²) >= 11 is 0. The first-order valence-electron chi connectivity index (χ1n) is 11.3. The van der Waals surface area contributed by atoms with Crippen molar-refractivity contribution in [2.75, 3.05) is 0 Å². The molecular formula is C30H26OP+. The highest BCUT2D eigenvalue weighted by Crippen LogP contribution is 2.50. The van der Waals surface area contributed by atoms with Gasteiger partial charge in [-0.05, 0) is 80.9 Å². The summed E-state index contributed by atoms with van der Waals surface area (Å²) in [5.74, 6) is 0. The average molecular weight is 434 g/mol. The normalized spacial score (nSPS) is 16.1. The van der Waals surface area contributed by atoms with Gasteiger partial charge in [-0.2, -0.15) is 0 Å². The molecule has 4 aromatic rings. The summed E-state index contributed by atoms with van der Waals surface area (Å²) in [5, 5.41) is 1.82. The molecule has 0 saturated carbocycles. The molecule has 2 heteroatoms. The lowest BCUT2D eigenvalue weighted by Gasteiger charge is -2.21. The van der Waals surface area contributed by atoms with Crippen molar-refractivity contribution in [1.82, 2.24) is 0 Å². The Morgan fingerprint density at radius 3 is 1.31 bits per heavy atom. The minimum atomic E-state index is -1.67. The molecule has 2 aliphatic rings. The average Bonchev–Trinajstić information content (AvgIpc) is 3.18. The molecule has 0 aliphatic heterocycles. The maximum atomic E-state index is 13.8. The zero-order chi connectivity index (χ0) is 22.3. The van der Waals surface area contributed by atoms with Crippen molar-refractivity contribution in [3.63, 3.8) is 0 Å². The second-order valence-electron chi connectivity index (χ2n) is 10.1. The minimum absolute atomic E-state index is 0.0837. The van der Waals surface area contributed by atoms with Crippen molar-refractivity contribution in [2.45, 2.75) is 38.5 Å². The Bertz CT molecular complexity index is 1330. The Hall–Kier alpha value is -3.02. The highest BCUT2D eigenvalue weighted by atomic mass is 31.1. The molecule has 1 nitrogen and oxygen atoms in total. The summed E-state index contributed by atoms with van der Waals surface area (Å²) in [6.45, 7) is 9.07. The van der Waals surface area contributed by atoms with Crippen LogP contribution in [-0.2, 0) is 15.4 Å². The Labute approximate surface area is 190 Å². The van der Waals surface area contributed by atoms with Gasteiger partial charge in [-0.25, -0.2) is 0 Å². The summed E-state index contributed by atoms with van der Waals surface area (Å²) in [4.78, 5) is 0. The van der Waals surface area contributed by atoms with Crippen LogP contribution < -0.4 is 10.6 Å². The van der Waals surface area contributed by atoms with Crippen LogP contribution in [0.25, 0.3) is 22.3 Å². The largest absolute Gasteiger partial charge is 0.415 e. The van der Waals surface area contributed by atoms with Gasteiger partial charge in [-0.3, -0.25) is 0 Å². The van der Waals surface area contributed by atoms with Crippen LogP contribution in [0.15, 0.2) is 84.9 Å². The number of benzene rings is 4. The molecular weight excluding hydrogens is 407 g/mol. The maximum absolute atomic E-state index is 13.8. The van der Waals surface area contributed by atoms with E-state index in [0.717, 1.165) is 10.6 Å². The van der Waals surface area contributed by atoms with Crippen molar-refractivity contribution in [2.24, 2.45) is 0 Å². The maximum Gasteiger partial charge on any atom is 0.415 e. The van der Waals surface area contributed by atoms with Crippen LogP contribution >= 0.6 is 7.80 Å². The second kappa shape index (κ2) is 6.50. The molecule has 0 unspecified atom stereocenters. The SMILES string of the molecule is CC1(C)c2ccccc2-c2ccc([P+](=O)c3ccc4c(c3)C(C)(C)c3ccccc3-4)cc21. The third-order valence-electron chi connectivity index (χ3n) is 7.60. The molecule has 0 heterocycles. The Balaban J connectivity index is 1.43. The van der Waals surface area contributed by atoms with E-state index in [1.54, 1.807) is 0 Å². The lowest BCUT2D eigenvalue weighted by Crippen LogP contribution is -2.19. The van der Waals surface area contributed by atoms with Gasteiger partial charge >= 0.3 is 7.80 Å². The molecule has 2 aliphatic carbocycles. The third kappa shape index (κ3) is 2.52. The third-order valence-corrected chi connectivity index (χ3v) is 9.10. The van der Waals surface area contributed by atoms with Gasteiger partial charge in [0.15, 0.2) is 10.6 Å². The van der Waals surface area contributed by atoms with Crippen molar-refractivity contribution in [3.8, 4) is 22.3 Å². The van der Waals surface area contributed by atoms with Crippen molar-refractivity contribution < 1.29 is 4.57 Å². The highest BCUT2D eigenvalue weighted by molar-refractivity contribution is 7.61. The summed E-state index contributed by atoms with van der Waals surface area (Å²) in [7, 11) is -1.67. The van der Waals surface area contributed by atoms with E-state index in [1.807, 2.05) is 0 Å². The first kappa shape index (κ1) is 19.6. The van der Waals surface area contributed by atoms with Crippen molar-refractivity contribution in [3.05, 3.63) is 107 Å². The first-order chi connectivity index (χ1) is 15.3. The van der Waals surface area contributed by atoms with Gasteiger partial charge in [-0.1, -0.05) is 80.8 Å². The van der Waals surface area contributed by atoms with Gasteiger partial charge < -0.3 is 0 Å². The number of hydrogen-bond acceptors (Lipinski definition) is 1. The van der Waals surface area contributed by atoms with E-state index in [4.69, 9.17) is 0 Å². The minimum Gasteiger partial charge on any atom is -0.0619 e. The standard InChI is InChI=1S/C30H26OP/c1-29(2)25-11-7-5-9-21(25)23-15-13-19(17-27(23)29)32(31)20-14-16-24-22-10-6-8-12-26(22)30(3,4)28(24)18-20/h5-18H,1-4H3/q+1. The van der Waals surface area contributed by atoms with Crippen LogP contribution in [0.3, 0.4) is 0 Å². The molecule has 156 valence electrons. The van der Waals surface area contributed by atoms with E-state index in [9.17, 15) is 4.57 Å². The lowest BCUT2D eigenvalue weighted by molar-refractivity contribution is 0.598. The first-order valence-corrected chi connectivity index (χ1v) is 12.5. The van der Waals surface area contributed by atoms with E-state index in [-0.39, 0.29) is 10.8 Å². The molecule has 0 fully saturated rings. The van der Waals surface area contributed by atoms with Gasteiger partial charge in [-0.15, -0.1) is 0 Å².